The maximum absolute atomic E-state index is 13.5. The highest BCUT2D eigenvalue weighted by Crippen LogP contribution is 2.41. The minimum absolute atomic E-state index is 0.0298. The number of carbonyl (C=O) groups is 3. The van der Waals surface area contributed by atoms with Crippen LogP contribution in [-0.2, 0) is 15.8 Å². The van der Waals surface area contributed by atoms with Gasteiger partial charge in [0.15, 0.2) is 23.1 Å². The van der Waals surface area contributed by atoms with Crippen molar-refractivity contribution < 1.29 is 42.1 Å². The lowest BCUT2D eigenvalue weighted by Gasteiger charge is -2.16. The molecule has 1 aliphatic heterocycles. The predicted octanol–water partition coefficient (Wildman–Crippen LogP) is 4.25. The van der Waals surface area contributed by atoms with Crippen LogP contribution in [0.4, 0.5) is 13.2 Å². The number of alkyl halides is 3. The summed E-state index contributed by atoms with van der Waals surface area (Å²) in [4.78, 5) is 35.0. The molecule has 162 valence electrons. The highest BCUT2D eigenvalue weighted by molar-refractivity contribution is 8.18. The van der Waals surface area contributed by atoms with Crippen LogP contribution in [0.3, 0.4) is 0 Å². The zero-order valence-corrected chi connectivity index (χ0v) is 16.8. The molecule has 0 aliphatic carbocycles. The van der Waals surface area contributed by atoms with Crippen molar-refractivity contribution in [3.05, 3.63) is 58.0 Å². The number of allylic oxidation sites excluding steroid dienone is 1. The zero-order valence-electron chi connectivity index (χ0n) is 16.0. The summed E-state index contributed by atoms with van der Waals surface area (Å²) in [5.74, 6) is -1.65. The van der Waals surface area contributed by atoms with Gasteiger partial charge in [-0.25, -0.2) is 0 Å². The number of hydrogen-bond donors (Lipinski definition) is 1. The smallest absolute Gasteiger partial charge is 0.420 e. The first-order valence-corrected chi connectivity index (χ1v) is 9.60. The molecular formula is C21H15F3O6S. The molecule has 0 amide bonds. The quantitative estimate of drug-likeness (QED) is 0.398. The average Bonchev–Trinajstić information content (AvgIpc) is 3.04. The van der Waals surface area contributed by atoms with Crippen LogP contribution >= 0.6 is 11.8 Å². The lowest BCUT2D eigenvalue weighted by molar-refractivity contribution is -0.138. The van der Waals surface area contributed by atoms with Crippen molar-refractivity contribution in [2.24, 2.45) is 0 Å². The molecule has 6 nitrogen and oxygen atoms in total. The van der Waals surface area contributed by atoms with E-state index in [0.717, 1.165) is 23.9 Å². The molecule has 1 fully saturated rings. The molecule has 0 unspecified atom stereocenters. The van der Waals surface area contributed by atoms with Gasteiger partial charge in [0.1, 0.15) is 12.4 Å². The third kappa shape index (κ3) is 5.15. The summed E-state index contributed by atoms with van der Waals surface area (Å²) in [5.41, 5.74) is -0.995. The fourth-order valence-corrected chi connectivity index (χ4v) is 3.61. The Balaban J connectivity index is 1.95. The Morgan fingerprint density at radius 2 is 1.84 bits per heavy atom. The largest absolute Gasteiger partial charge is 0.493 e. The van der Waals surface area contributed by atoms with Gasteiger partial charge in [-0.15, -0.1) is 0 Å². The molecule has 1 N–H and O–H groups in total. The van der Waals surface area contributed by atoms with Crippen molar-refractivity contribution in [2.75, 3.05) is 13.7 Å². The Labute approximate surface area is 178 Å². The number of aliphatic hydroxyl groups is 1. The molecule has 0 radical (unpaired) electrons. The van der Waals surface area contributed by atoms with E-state index in [1.54, 1.807) is 0 Å². The van der Waals surface area contributed by atoms with Crippen molar-refractivity contribution in [2.45, 2.75) is 12.6 Å². The van der Waals surface area contributed by atoms with Gasteiger partial charge in [-0.2, -0.15) is 13.2 Å². The van der Waals surface area contributed by atoms with Gasteiger partial charge in [0.25, 0.3) is 0 Å². The minimum Gasteiger partial charge on any atom is -0.493 e. The summed E-state index contributed by atoms with van der Waals surface area (Å²) in [5, 5.41) is 8.63. The highest BCUT2D eigenvalue weighted by atomic mass is 32.2. The second-order valence-corrected chi connectivity index (χ2v) is 7.48. The maximum Gasteiger partial charge on any atom is 0.420 e. The number of halogens is 3. The van der Waals surface area contributed by atoms with Crippen molar-refractivity contribution in [3.63, 3.8) is 0 Å². The molecule has 2 aromatic rings. The van der Waals surface area contributed by atoms with E-state index >= 15 is 0 Å². The van der Waals surface area contributed by atoms with E-state index in [0.29, 0.717) is 11.6 Å². The number of benzene rings is 2. The van der Waals surface area contributed by atoms with Crippen LogP contribution in [0.2, 0.25) is 0 Å². The van der Waals surface area contributed by atoms with Gasteiger partial charge in [0, 0.05) is 5.56 Å². The number of carbonyl (C=O) groups excluding carboxylic acids is 3. The van der Waals surface area contributed by atoms with Gasteiger partial charge in [-0.1, -0.05) is 6.07 Å². The maximum atomic E-state index is 13.5. The van der Waals surface area contributed by atoms with Crippen molar-refractivity contribution in [1.82, 2.24) is 0 Å². The molecule has 3 rings (SSSR count). The molecule has 0 atom stereocenters. The van der Waals surface area contributed by atoms with Gasteiger partial charge < -0.3 is 14.6 Å². The standard InChI is InChI=1S/C21H15F3O6S/c1-29-18-6-11(7-19-14(26)9-20(28)31-19)2-4-17(18)30-16-5-3-12(15(27)10-25)8-13(16)21(22,23)24/h2-8,25H,9-10H2,1H3/b19-7-. The van der Waals surface area contributed by atoms with Gasteiger partial charge in [0.2, 0.25) is 5.12 Å². The molecule has 31 heavy (non-hydrogen) atoms. The molecule has 1 saturated heterocycles. The van der Waals surface area contributed by atoms with Gasteiger partial charge in [-0.3, -0.25) is 14.4 Å². The van der Waals surface area contributed by atoms with E-state index in [9.17, 15) is 27.6 Å². The van der Waals surface area contributed by atoms with Crippen LogP contribution in [-0.4, -0.2) is 35.5 Å². The summed E-state index contributed by atoms with van der Waals surface area (Å²) in [7, 11) is 1.30. The minimum atomic E-state index is -4.81. The monoisotopic (exact) mass is 452 g/mol. The van der Waals surface area contributed by atoms with E-state index in [1.807, 2.05) is 0 Å². The Hall–Kier alpha value is -3.11. The summed E-state index contributed by atoms with van der Waals surface area (Å²) in [6.07, 6.45) is -3.50. The van der Waals surface area contributed by atoms with Gasteiger partial charge in [-0.05, 0) is 53.7 Å². The second kappa shape index (κ2) is 8.94. The third-order valence-electron chi connectivity index (χ3n) is 4.26. The van der Waals surface area contributed by atoms with Crippen LogP contribution in [0, 0.1) is 0 Å². The SMILES string of the molecule is COc1cc(/C=C2\SC(=O)CC2=O)ccc1Oc1ccc(C(=O)CO)cc1C(F)(F)F. The molecule has 0 saturated carbocycles. The topological polar surface area (TPSA) is 89.9 Å². The van der Waals surface area contributed by atoms with E-state index in [2.05, 4.69) is 0 Å². The Kier molecular flexibility index (Phi) is 6.51. The number of methoxy groups -OCH3 is 1. The third-order valence-corrected chi connectivity index (χ3v) is 5.20. The van der Waals surface area contributed by atoms with Crippen molar-refractivity contribution >= 4 is 34.5 Å². The lowest BCUT2D eigenvalue weighted by Crippen LogP contribution is -2.11. The summed E-state index contributed by atoms with van der Waals surface area (Å²) in [6, 6.07) is 7.03. The predicted molar refractivity (Wildman–Crippen MR) is 106 cm³/mol. The zero-order chi connectivity index (χ0) is 22.8. The molecule has 1 heterocycles. The number of thioether (sulfide) groups is 1. The molecule has 2 aromatic carbocycles. The summed E-state index contributed by atoms with van der Waals surface area (Å²) >= 11 is 0.829. The van der Waals surface area contributed by atoms with E-state index in [-0.39, 0.29) is 39.3 Å². The van der Waals surface area contributed by atoms with E-state index in [1.165, 1.54) is 31.4 Å². The highest BCUT2D eigenvalue weighted by Gasteiger charge is 2.35. The van der Waals surface area contributed by atoms with E-state index in [4.69, 9.17) is 14.6 Å². The molecule has 0 bridgehead atoms. The van der Waals surface area contributed by atoms with E-state index < -0.39 is 29.9 Å². The number of hydrogen-bond acceptors (Lipinski definition) is 7. The van der Waals surface area contributed by atoms with Crippen LogP contribution in [0.1, 0.15) is 27.9 Å². The number of ketones is 2. The fourth-order valence-electron chi connectivity index (χ4n) is 2.78. The fraction of sp³-hybridized carbons (Fsp3) is 0.190. The molecule has 0 aromatic heterocycles. The number of aliphatic hydroxyl groups excluding tert-OH is 1. The molecule has 1 aliphatic rings. The first kappa shape index (κ1) is 22.6. The first-order valence-electron chi connectivity index (χ1n) is 8.79. The Morgan fingerprint density at radius 3 is 2.42 bits per heavy atom. The first-order chi connectivity index (χ1) is 14.6. The van der Waals surface area contributed by atoms with Crippen LogP contribution in [0.25, 0.3) is 6.08 Å². The molecule has 10 heteroatoms. The van der Waals surface area contributed by atoms with Crippen LogP contribution in [0.15, 0.2) is 41.3 Å². The second-order valence-electron chi connectivity index (χ2n) is 6.38. The number of rotatable bonds is 6. The van der Waals surface area contributed by atoms with Crippen LogP contribution < -0.4 is 9.47 Å². The average molecular weight is 452 g/mol. The van der Waals surface area contributed by atoms with Gasteiger partial charge >= 0.3 is 6.18 Å². The Morgan fingerprint density at radius 1 is 1.13 bits per heavy atom. The number of Topliss-reactive ketones (excluding diaryl/α,β-unsaturated/α-hetero) is 2. The van der Waals surface area contributed by atoms with Crippen LogP contribution in [0.5, 0.6) is 17.2 Å². The van der Waals surface area contributed by atoms with Gasteiger partial charge in [0.05, 0.1) is 24.0 Å². The summed E-state index contributed by atoms with van der Waals surface area (Å²) in [6.45, 7) is -0.922. The number of ether oxygens (including phenoxy) is 2. The molecule has 0 spiro atoms. The van der Waals surface area contributed by atoms with Crippen molar-refractivity contribution in [1.29, 1.82) is 0 Å². The Bertz CT molecular complexity index is 1090. The normalized spacial score (nSPS) is 15.5. The molecular weight excluding hydrogens is 437 g/mol. The summed E-state index contributed by atoms with van der Waals surface area (Å²) < 4.78 is 51.1. The van der Waals surface area contributed by atoms with Crippen molar-refractivity contribution in [3.8, 4) is 17.2 Å². The lowest BCUT2D eigenvalue weighted by atomic mass is 10.1.